The summed E-state index contributed by atoms with van der Waals surface area (Å²) < 4.78 is 28.4. The Hall–Kier alpha value is -2.38. The van der Waals surface area contributed by atoms with E-state index in [2.05, 4.69) is 20.3 Å². The van der Waals surface area contributed by atoms with Gasteiger partial charge < -0.3 is 21.3 Å². The molecule has 1 saturated carbocycles. The molecule has 1 aromatic carbocycles. The zero-order chi connectivity index (χ0) is 22.3. The molecule has 10 nitrogen and oxygen atoms in total. The van der Waals surface area contributed by atoms with Gasteiger partial charge in [-0.05, 0) is 25.5 Å². The molecule has 2 heterocycles. The number of nitrogen functional groups attached to an aromatic ring is 1. The number of anilines is 2. The summed E-state index contributed by atoms with van der Waals surface area (Å²) in [7, 11) is -3.65. The molecule has 166 valence electrons. The van der Waals surface area contributed by atoms with Crippen LogP contribution in [0.3, 0.4) is 0 Å². The Morgan fingerprint density at radius 2 is 1.97 bits per heavy atom. The molecule has 5 N–H and O–H groups in total. The summed E-state index contributed by atoms with van der Waals surface area (Å²) in [5.74, 6) is -0.103. The highest BCUT2D eigenvalue weighted by atomic mass is 32.2. The summed E-state index contributed by atoms with van der Waals surface area (Å²) >= 11 is 1.48. The van der Waals surface area contributed by atoms with Crippen LogP contribution in [0.1, 0.15) is 12.1 Å². The molecule has 1 aliphatic rings. The Labute approximate surface area is 183 Å². The van der Waals surface area contributed by atoms with Crippen LogP contribution in [0.15, 0.2) is 24.3 Å². The minimum Gasteiger partial charge on any atom is -0.390 e. The van der Waals surface area contributed by atoms with Gasteiger partial charge in [-0.15, -0.1) is 11.3 Å². The number of aromatic nitrogens is 3. The van der Waals surface area contributed by atoms with Crippen LogP contribution in [-0.4, -0.2) is 64.7 Å². The van der Waals surface area contributed by atoms with Crippen molar-refractivity contribution in [1.29, 1.82) is 0 Å². The molecule has 0 bridgehead atoms. The van der Waals surface area contributed by atoms with E-state index in [-0.39, 0.29) is 19.0 Å². The first-order valence-corrected chi connectivity index (χ1v) is 12.2. The number of rotatable bonds is 6. The fraction of sp³-hybridized carbons (Fsp3) is 0.421. The van der Waals surface area contributed by atoms with E-state index in [0.717, 1.165) is 16.5 Å². The second-order valence-electron chi connectivity index (χ2n) is 7.59. The molecule has 31 heavy (non-hydrogen) atoms. The van der Waals surface area contributed by atoms with E-state index in [4.69, 9.17) is 9.92 Å². The molecule has 4 rings (SSSR count). The number of benzene rings is 1. The zero-order valence-corrected chi connectivity index (χ0v) is 18.5. The number of thiazole rings is 1. The molecule has 0 radical (unpaired) electrons. The van der Waals surface area contributed by atoms with Crippen LogP contribution in [0.5, 0.6) is 0 Å². The molecule has 0 spiro atoms. The first-order valence-electron chi connectivity index (χ1n) is 9.59. The molecule has 1 aliphatic carbocycles. The van der Waals surface area contributed by atoms with E-state index in [1.165, 1.54) is 11.3 Å². The van der Waals surface area contributed by atoms with Gasteiger partial charge in [-0.3, -0.25) is 4.18 Å². The van der Waals surface area contributed by atoms with Gasteiger partial charge in [-0.1, -0.05) is 12.1 Å². The van der Waals surface area contributed by atoms with Gasteiger partial charge in [0.25, 0.3) is 10.1 Å². The maximum Gasteiger partial charge on any atom is 0.264 e. The maximum absolute atomic E-state index is 11.3. The van der Waals surface area contributed by atoms with Crippen LogP contribution < -0.4 is 11.1 Å². The number of nitrogens with zero attached hydrogens (tertiary/aromatic N) is 3. The van der Waals surface area contributed by atoms with E-state index >= 15 is 0 Å². The molecule has 0 unspecified atom stereocenters. The number of aliphatic hydroxyl groups is 2. The minimum atomic E-state index is -3.65. The average Bonchev–Trinajstić information content (AvgIpc) is 3.21. The SMILES string of the molecule is Cc1nc(N)nc(N[C@@H]2C[C@H](COS(C)(=O)=O)[C@@H](O)[C@H]2O)c1-c1nc2ccccc2s1. The predicted octanol–water partition coefficient (Wildman–Crippen LogP) is 1.14. The molecular formula is C19H23N5O5S2. The third kappa shape index (κ3) is 4.62. The lowest BCUT2D eigenvalue weighted by molar-refractivity contribution is 0.00787. The summed E-state index contributed by atoms with van der Waals surface area (Å²) in [5, 5.41) is 24.8. The van der Waals surface area contributed by atoms with Crippen molar-refractivity contribution in [2.75, 3.05) is 23.9 Å². The van der Waals surface area contributed by atoms with Gasteiger partial charge in [0.15, 0.2) is 0 Å². The molecule has 3 aromatic rings. The first kappa shape index (κ1) is 21.8. The number of aryl methyl sites for hydroxylation is 1. The number of para-hydroxylation sites is 1. The summed E-state index contributed by atoms with van der Waals surface area (Å²) in [5.41, 5.74) is 7.99. The Morgan fingerprint density at radius 1 is 1.23 bits per heavy atom. The molecule has 12 heteroatoms. The summed E-state index contributed by atoms with van der Waals surface area (Å²) in [6.45, 7) is 1.58. The van der Waals surface area contributed by atoms with Crippen molar-refractivity contribution in [3.05, 3.63) is 30.0 Å². The lowest BCUT2D eigenvalue weighted by Gasteiger charge is -2.20. The molecule has 2 aromatic heterocycles. The maximum atomic E-state index is 11.3. The number of hydrogen-bond acceptors (Lipinski definition) is 11. The largest absolute Gasteiger partial charge is 0.390 e. The normalized spacial score (nSPS) is 24.0. The van der Waals surface area contributed by atoms with Gasteiger partial charge in [-0.25, -0.2) is 9.97 Å². The predicted molar refractivity (Wildman–Crippen MR) is 118 cm³/mol. The van der Waals surface area contributed by atoms with Crippen LogP contribution in [0.25, 0.3) is 20.8 Å². The lowest BCUT2D eigenvalue weighted by atomic mass is 10.1. The van der Waals surface area contributed by atoms with Crippen LogP contribution in [0.4, 0.5) is 11.8 Å². The summed E-state index contributed by atoms with van der Waals surface area (Å²) in [6.07, 6.45) is -1.07. The second kappa shape index (κ2) is 8.28. The number of nitrogens with two attached hydrogens (primary N) is 1. The smallest absolute Gasteiger partial charge is 0.264 e. The van der Waals surface area contributed by atoms with E-state index in [1.807, 2.05) is 24.3 Å². The van der Waals surface area contributed by atoms with Crippen LogP contribution >= 0.6 is 11.3 Å². The van der Waals surface area contributed by atoms with Crippen LogP contribution in [0, 0.1) is 12.8 Å². The fourth-order valence-corrected chi connectivity index (χ4v) is 5.24. The number of aliphatic hydroxyl groups excluding tert-OH is 2. The van der Waals surface area contributed by atoms with Crippen molar-refractivity contribution in [2.45, 2.75) is 31.6 Å². The highest BCUT2D eigenvalue weighted by Crippen LogP contribution is 2.37. The Balaban J connectivity index is 1.64. The highest BCUT2D eigenvalue weighted by molar-refractivity contribution is 7.85. The van der Waals surface area contributed by atoms with Gasteiger partial charge in [-0.2, -0.15) is 13.4 Å². The van der Waals surface area contributed by atoms with Crippen LogP contribution in [-0.2, 0) is 14.3 Å². The average molecular weight is 466 g/mol. The molecule has 0 amide bonds. The van der Waals surface area contributed by atoms with E-state index < -0.39 is 34.3 Å². The van der Waals surface area contributed by atoms with E-state index in [1.54, 1.807) is 6.92 Å². The summed E-state index contributed by atoms with van der Waals surface area (Å²) in [6, 6.07) is 7.14. The van der Waals surface area contributed by atoms with Crippen molar-refractivity contribution in [1.82, 2.24) is 15.0 Å². The van der Waals surface area contributed by atoms with E-state index in [9.17, 15) is 18.6 Å². The third-order valence-corrected chi connectivity index (χ3v) is 6.85. The topological polar surface area (TPSA) is 161 Å². The lowest BCUT2D eigenvalue weighted by Crippen LogP contribution is -2.36. The Kier molecular flexibility index (Phi) is 5.83. The fourth-order valence-electron chi connectivity index (χ4n) is 3.75. The van der Waals surface area contributed by atoms with Gasteiger partial charge in [0.1, 0.15) is 16.9 Å². The first-order chi connectivity index (χ1) is 14.6. The van der Waals surface area contributed by atoms with Crippen molar-refractivity contribution in [3.8, 4) is 10.6 Å². The van der Waals surface area contributed by atoms with Crippen molar-refractivity contribution >= 4 is 43.4 Å². The van der Waals surface area contributed by atoms with Gasteiger partial charge in [0.05, 0.1) is 46.5 Å². The number of hydrogen-bond donors (Lipinski definition) is 4. The highest BCUT2D eigenvalue weighted by Gasteiger charge is 2.42. The number of nitrogens with one attached hydrogen (secondary N) is 1. The van der Waals surface area contributed by atoms with Crippen molar-refractivity contribution < 1.29 is 22.8 Å². The minimum absolute atomic E-state index is 0.0647. The quantitative estimate of drug-likeness (QED) is 0.389. The molecule has 1 fully saturated rings. The third-order valence-electron chi connectivity index (χ3n) is 5.24. The van der Waals surface area contributed by atoms with Crippen molar-refractivity contribution in [3.63, 3.8) is 0 Å². The zero-order valence-electron chi connectivity index (χ0n) is 16.9. The molecular weight excluding hydrogens is 442 g/mol. The molecule has 0 saturated heterocycles. The monoisotopic (exact) mass is 465 g/mol. The van der Waals surface area contributed by atoms with Crippen molar-refractivity contribution in [2.24, 2.45) is 5.92 Å². The standard InChI is InChI=1S/C19H23N5O5S2/c1-9-14(18-23-11-5-3-4-6-13(11)30-18)17(24-19(20)21-9)22-12-7-10(15(25)16(12)26)8-29-31(2,27)28/h3-6,10,12,15-16,25-26H,7-8H2,1-2H3,(H3,20,21,22,24)/t10-,12-,15-,16+/m1/s1. The molecule has 0 aliphatic heterocycles. The number of fused-ring (bicyclic) bond motifs is 1. The molecule has 4 atom stereocenters. The second-order valence-corrected chi connectivity index (χ2v) is 10.3. The Morgan fingerprint density at radius 3 is 2.68 bits per heavy atom. The van der Waals surface area contributed by atoms with Crippen LogP contribution in [0.2, 0.25) is 0 Å². The van der Waals surface area contributed by atoms with Gasteiger partial charge in [0, 0.05) is 5.92 Å². The van der Waals surface area contributed by atoms with Gasteiger partial charge in [0.2, 0.25) is 5.95 Å². The summed E-state index contributed by atoms with van der Waals surface area (Å²) in [4.78, 5) is 13.2. The Bertz CT molecular complexity index is 1180. The van der Waals surface area contributed by atoms with E-state index in [0.29, 0.717) is 22.1 Å². The van der Waals surface area contributed by atoms with Gasteiger partial charge >= 0.3 is 0 Å².